The number of fused-ring (bicyclic) bond motifs is 12. The molecule has 0 aliphatic rings. The average molecular weight is 559 g/mol. The zero-order chi connectivity index (χ0) is 28.8. The van der Waals surface area contributed by atoms with Gasteiger partial charge in [-0.05, 0) is 75.8 Å². The lowest BCUT2D eigenvalue weighted by Crippen LogP contribution is -1.94. The molecule has 7 aromatic carbocycles. The number of benzene rings is 7. The van der Waals surface area contributed by atoms with Gasteiger partial charge in [0.15, 0.2) is 0 Å². The molecule has 204 valence electrons. The summed E-state index contributed by atoms with van der Waals surface area (Å²) in [5, 5.41) is 10.2. The molecular weight excluding hydrogens is 532 g/mol. The normalized spacial score (nSPS) is 12.1. The van der Waals surface area contributed by atoms with Crippen LogP contribution < -0.4 is 0 Å². The molecule has 3 aromatic heterocycles. The fourth-order valence-corrected chi connectivity index (χ4v) is 7.44. The van der Waals surface area contributed by atoms with E-state index in [4.69, 9.17) is 0 Å². The van der Waals surface area contributed by atoms with Crippen LogP contribution in [0.25, 0.3) is 87.5 Å². The van der Waals surface area contributed by atoms with Crippen LogP contribution in [-0.4, -0.2) is 8.97 Å². The molecule has 0 atom stereocenters. The Labute approximate surface area is 253 Å². The fraction of sp³-hybridized carbons (Fsp3) is 0. The van der Waals surface area contributed by atoms with E-state index in [1.165, 1.54) is 87.5 Å². The molecular formula is C42H26N2. The van der Waals surface area contributed by atoms with Crippen LogP contribution in [-0.2, 0) is 0 Å². The van der Waals surface area contributed by atoms with Gasteiger partial charge in [0.2, 0.25) is 0 Å². The second kappa shape index (κ2) is 8.82. The van der Waals surface area contributed by atoms with E-state index in [1.807, 2.05) is 0 Å². The molecule has 0 bridgehead atoms. The average Bonchev–Trinajstić information content (AvgIpc) is 3.63. The standard InChI is InChI=1S/C42H26N2/c1-2-11-28-22-30(21-20-27(28)10-1)29-12-9-13-32(23-29)43-38-18-7-6-17-36(38)37-26-40-31(25-42(37)43)24-41-35-16-4-3-14-33(35)34-15-5-8-19-39(34)44(40)41/h1-26H. The third-order valence-electron chi connectivity index (χ3n) is 9.42. The van der Waals surface area contributed by atoms with Crippen molar-refractivity contribution in [2.45, 2.75) is 0 Å². The Hall–Kier alpha value is -5.86. The molecule has 0 N–H and O–H groups in total. The molecule has 0 saturated heterocycles. The Balaban J connectivity index is 1.28. The van der Waals surface area contributed by atoms with Crippen molar-refractivity contribution in [3.05, 3.63) is 158 Å². The highest BCUT2D eigenvalue weighted by atomic mass is 15.0. The Morgan fingerprint density at radius 1 is 0.295 bits per heavy atom. The zero-order valence-electron chi connectivity index (χ0n) is 23.9. The Bertz CT molecular complexity index is 2780. The molecule has 0 aliphatic carbocycles. The van der Waals surface area contributed by atoms with Crippen molar-refractivity contribution < 1.29 is 0 Å². The first kappa shape index (κ1) is 23.7. The molecule has 0 fully saturated rings. The maximum Gasteiger partial charge on any atom is 0.0548 e. The maximum atomic E-state index is 2.46. The number of nitrogens with zero attached hydrogens (tertiary/aromatic N) is 2. The lowest BCUT2D eigenvalue weighted by molar-refractivity contribution is 1.18. The number of pyridine rings is 1. The first-order chi connectivity index (χ1) is 21.8. The number of rotatable bonds is 2. The van der Waals surface area contributed by atoms with Crippen LogP contribution in [0.5, 0.6) is 0 Å². The van der Waals surface area contributed by atoms with Gasteiger partial charge in [-0.25, -0.2) is 0 Å². The summed E-state index contributed by atoms with van der Waals surface area (Å²) in [5.74, 6) is 0. The maximum absolute atomic E-state index is 2.46. The van der Waals surface area contributed by atoms with Crippen LogP contribution in [0, 0.1) is 0 Å². The summed E-state index contributed by atoms with van der Waals surface area (Å²) >= 11 is 0. The van der Waals surface area contributed by atoms with E-state index in [0.717, 1.165) is 0 Å². The Morgan fingerprint density at radius 3 is 1.77 bits per heavy atom. The van der Waals surface area contributed by atoms with Gasteiger partial charge >= 0.3 is 0 Å². The molecule has 0 unspecified atom stereocenters. The largest absolute Gasteiger partial charge is 0.309 e. The Morgan fingerprint density at radius 2 is 0.932 bits per heavy atom. The fourth-order valence-electron chi connectivity index (χ4n) is 7.44. The summed E-state index contributed by atoms with van der Waals surface area (Å²) in [5.41, 5.74) is 9.77. The van der Waals surface area contributed by atoms with Gasteiger partial charge in [0.1, 0.15) is 0 Å². The first-order valence-electron chi connectivity index (χ1n) is 15.2. The third kappa shape index (κ3) is 3.25. The van der Waals surface area contributed by atoms with Crippen molar-refractivity contribution in [3.63, 3.8) is 0 Å². The predicted octanol–water partition coefficient (Wildman–Crippen LogP) is 11.3. The van der Waals surface area contributed by atoms with Crippen molar-refractivity contribution in [2.75, 3.05) is 0 Å². The van der Waals surface area contributed by atoms with Gasteiger partial charge in [-0.3, -0.25) is 0 Å². The number of hydrogen-bond donors (Lipinski definition) is 0. The van der Waals surface area contributed by atoms with Crippen LogP contribution >= 0.6 is 0 Å². The van der Waals surface area contributed by atoms with Crippen LogP contribution in [0.1, 0.15) is 0 Å². The molecule has 2 heteroatoms. The van der Waals surface area contributed by atoms with Crippen molar-refractivity contribution in [1.29, 1.82) is 0 Å². The Kier molecular flexibility index (Phi) is 4.75. The molecule has 10 aromatic rings. The van der Waals surface area contributed by atoms with Crippen LogP contribution in [0.2, 0.25) is 0 Å². The lowest BCUT2D eigenvalue weighted by atomic mass is 10.0. The minimum absolute atomic E-state index is 1.17. The summed E-state index contributed by atoms with van der Waals surface area (Å²) in [6.45, 7) is 0. The quantitative estimate of drug-likeness (QED) is 0.187. The second-order valence-corrected chi connectivity index (χ2v) is 11.8. The van der Waals surface area contributed by atoms with Gasteiger partial charge in [-0.2, -0.15) is 0 Å². The van der Waals surface area contributed by atoms with E-state index >= 15 is 0 Å². The van der Waals surface area contributed by atoms with E-state index in [9.17, 15) is 0 Å². The van der Waals surface area contributed by atoms with Gasteiger partial charge in [-0.1, -0.05) is 109 Å². The van der Waals surface area contributed by atoms with Gasteiger partial charge in [0, 0.05) is 32.6 Å². The van der Waals surface area contributed by atoms with Crippen LogP contribution in [0.15, 0.2) is 158 Å². The molecule has 0 saturated carbocycles. The third-order valence-corrected chi connectivity index (χ3v) is 9.42. The molecule has 10 rings (SSSR count). The van der Waals surface area contributed by atoms with Gasteiger partial charge in [0.25, 0.3) is 0 Å². The first-order valence-corrected chi connectivity index (χ1v) is 15.2. The minimum atomic E-state index is 1.17. The summed E-state index contributed by atoms with van der Waals surface area (Å²) in [6, 6.07) is 57.8. The highest BCUT2D eigenvalue weighted by Gasteiger charge is 2.17. The molecule has 0 spiro atoms. The van der Waals surface area contributed by atoms with Crippen molar-refractivity contribution in [2.24, 2.45) is 0 Å². The van der Waals surface area contributed by atoms with E-state index in [1.54, 1.807) is 0 Å². The van der Waals surface area contributed by atoms with Gasteiger partial charge < -0.3 is 8.97 Å². The van der Waals surface area contributed by atoms with Crippen LogP contribution in [0.4, 0.5) is 0 Å². The zero-order valence-corrected chi connectivity index (χ0v) is 23.9. The monoisotopic (exact) mass is 558 g/mol. The van der Waals surface area contributed by atoms with E-state index in [2.05, 4.69) is 167 Å². The molecule has 0 amide bonds. The van der Waals surface area contributed by atoms with Crippen molar-refractivity contribution in [3.8, 4) is 16.8 Å². The molecule has 2 nitrogen and oxygen atoms in total. The second-order valence-electron chi connectivity index (χ2n) is 11.8. The van der Waals surface area contributed by atoms with E-state index in [0.29, 0.717) is 0 Å². The number of aromatic nitrogens is 2. The summed E-state index contributed by atoms with van der Waals surface area (Å²) in [4.78, 5) is 0. The van der Waals surface area contributed by atoms with Gasteiger partial charge in [0.05, 0.1) is 27.6 Å². The topological polar surface area (TPSA) is 9.34 Å². The molecule has 44 heavy (non-hydrogen) atoms. The summed E-state index contributed by atoms with van der Waals surface area (Å²) in [7, 11) is 0. The minimum Gasteiger partial charge on any atom is -0.309 e. The molecule has 3 heterocycles. The van der Waals surface area contributed by atoms with Crippen molar-refractivity contribution in [1.82, 2.24) is 8.97 Å². The molecule has 0 aliphatic heterocycles. The highest BCUT2D eigenvalue weighted by Crippen LogP contribution is 2.39. The highest BCUT2D eigenvalue weighted by molar-refractivity contribution is 6.19. The number of hydrogen-bond acceptors (Lipinski definition) is 0. The summed E-state index contributed by atoms with van der Waals surface area (Å²) in [6.07, 6.45) is 0. The van der Waals surface area contributed by atoms with E-state index < -0.39 is 0 Å². The summed E-state index contributed by atoms with van der Waals surface area (Å²) < 4.78 is 4.89. The SMILES string of the molecule is c1cc(-c2ccc3ccccc3c2)cc(-n2c3ccccc3c3cc4c(cc32)cc2c3ccccc3c3ccccc3n42)c1. The number of para-hydroxylation sites is 2. The molecule has 0 radical (unpaired) electrons. The lowest BCUT2D eigenvalue weighted by Gasteiger charge is -2.11. The van der Waals surface area contributed by atoms with E-state index in [-0.39, 0.29) is 0 Å². The van der Waals surface area contributed by atoms with Gasteiger partial charge in [-0.15, -0.1) is 0 Å². The van der Waals surface area contributed by atoms with Crippen molar-refractivity contribution >= 4 is 70.7 Å². The van der Waals surface area contributed by atoms with Crippen LogP contribution in [0.3, 0.4) is 0 Å². The smallest absolute Gasteiger partial charge is 0.0548 e. The predicted molar refractivity (Wildman–Crippen MR) is 187 cm³/mol.